The van der Waals surface area contributed by atoms with Gasteiger partial charge in [-0.2, -0.15) is 8.78 Å². The van der Waals surface area contributed by atoms with Crippen LogP contribution in [0.2, 0.25) is 0 Å². The average molecular weight is 388 g/mol. The van der Waals surface area contributed by atoms with Crippen molar-refractivity contribution in [2.24, 2.45) is 0 Å². The molecule has 1 aromatic carbocycles. The summed E-state index contributed by atoms with van der Waals surface area (Å²) in [6, 6.07) is 2.81. The number of non-ortho nitro benzene ring substituents is 1. The molecule has 0 fully saturated rings. The van der Waals surface area contributed by atoms with E-state index in [-0.39, 0.29) is 30.3 Å². The Morgan fingerprint density at radius 3 is 2.48 bits per heavy atom. The Hall–Kier alpha value is -3.28. The number of hydrogen-bond donors (Lipinski definition) is 0. The first-order chi connectivity index (χ1) is 12.8. The second-order valence-electron chi connectivity index (χ2n) is 5.00. The summed E-state index contributed by atoms with van der Waals surface area (Å²) in [5.41, 5.74) is -1.35. The number of nitro groups is 1. The van der Waals surface area contributed by atoms with Gasteiger partial charge in [-0.3, -0.25) is 10.1 Å². The highest BCUT2D eigenvalue weighted by Gasteiger charge is 2.34. The molecule has 0 aliphatic carbocycles. The van der Waals surface area contributed by atoms with Crippen LogP contribution in [0, 0.1) is 10.1 Å². The van der Waals surface area contributed by atoms with Crippen LogP contribution in [0.15, 0.2) is 29.5 Å². The average Bonchev–Trinajstić information content (AvgIpc) is 2.65. The lowest BCUT2D eigenvalue weighted by molar-refractivity contribution is -0.384. The molecule has 146 valence electrons. The molecule has 0 aromatic heterocycles. The van der Waals surface area contributed by atoms with Gasteiger partial charge < -0.3 is 23.8 Å². The van der Waals surface area contributed by atoms with E-state index in [4.69, 9.17) is 4.74 Å². The molecule has 1 aromatic rings. The van der Waals surface area contributed by atoms with E-state index in [1.54, 1.807) is 0 Å². The highest BCUT2D eigenvalue weighted by Crippen LogP contribution is 2.37. The Kier molecular flexibility index (Phi) is 6.23. The van der Waals surface area contributed by atoms with Crippen molar-refractivity contribution >= 4 is 23.3 Å². The van der Waals surface area contributed by atoms with Crippen molar-refractivity contribution in [3.8, 4) is 5.75 Å². The maximum Gasteiger partial charge on any atom is 0.387 e. The van der Waals surface area contributed by atoms with E-state index in [0.717, 1.165) is 37.3 Å². The fourth-order valence-electron chi connectivity index (χ4n) is 2.36. The summed E-state index contributed by atoms with van der Waals surface area (Å²) in [7, 11) is 2.11. The van der Waals surface area contributed by atoms with Crippen LogP contribution in [-0.4, -0.2) is 51.0 Å². The number of esters is 2. The summed E-state index contributed by atoms with van der Waals surface area (Å²) >= 11 is 0. The number of benzene rings is 1. The summed E-state index contributed by atoms with van der Waals surface area (Å²) in [6.45, 7) is -3.93. The molecule has 0 saturated carbocycles. The van der Waals surface area contributed by atoms with Gasteiger partial charge in [0.1, 0.15) is 18.2 Å². The number of nitro benzene ring substituents is 1. The predicted molar refractivity (Wildman–Crippen MR) is 84.1 cm³/mol. The molecule has 0 amide bonds. The lowest BCUT2D eigenvalue weighted by atomic mass is 10.1. The van der Waals surface area contributed by atoms with Crippen molar-refractivity contribution in [3.05, 3.63) is 39.6 Å². The van der Waals surface area contributed by atoms with Crippen molar-refractivity contribution < 1.29 is 42.2 Å². The van der Waals surface area contributed by atoms with Crippen molar-refractivity contribution in [3.63, 3.8) is 0 Å². The zero-order chi connectivity index (χ0) is 20.1. The smallest absolute Gasteiger partial charge is 0.387 e. The van der Waals surface area contributed by atoms with Crippen molar-refractivity contribution in [2.75, 3.05) is 32.5 Å². The SMILES string of the molecule is COC(=O)C1=C(C(=O)OC)N(c2cc([N+](=O)[O-])ccc2OC(F)F)COC1. The van der Waals surface area contributed by atoms with Gasteiger partial charge in [-0.1, -0.05) is 0 Å². The molecule has 27 heavy (non-hydrogen) atoms. The molecule has 10 nitrogen and oxygen atoms in total. The van der Waals surface area contributed by atoms with E-state index in [2.05, 4.69) is 14.2 Å². The molecule has 0 N–H and O–H groups in total. The third-order valence-corrected chi connectivity index (χ3v) is 3.49. The predicted octanol–water partition coefficient (Wildman–Crippen LogP) is 1.59. The van der Waals surface area contributed by atoms with Crippen LogP contribution in [0.5, 0.6) is 5.75 Å². The van der Waals surface area contributed by atoms with Gasteiger partial charge >= 0.3 is 18.6 Å². The Bertz CT molecular complexity index is 796. The first-order valence-electron chi connectivity index (χ1n) is 7.28. The summed E-state index contributed by atoms with van der Waals surface area (Å²) in [5, 5.41) is 11.0. The lowest BCUT2D eigenvalue weighted by Crippen LogP contribution is -2.39. The van der Waals surface area contributed by atoms with Crippen LogP contribution < -0.4 is 9.64 Å². The monoisotopic (exact) mass is 388 g/mol. The second-order valence-corrected chi connectivity index (χ2v) is 5.00. The maximum atomic E-state index is 12.7. The highest BCUT2D eigenvalue weighted by atomic mass is 19.3. The van der Waals surface area contributed by atoms with Gasteiger partial charge in [-0.25, -0.2) is 9.59 Å². The number of anilines is 1. The van der Waals surface area contributed by atoms with Gasteiger partial charge in [0.05, 0.1) is 37.0 Å². The van der Waals surface area contributed by atoms with Crippen LogP contribution in [0.4, 0.5) is 20.2 Å². The van der Waals surface area contributed by atoms with Gasteiger partial charge in [0.15, 0.2) is 0 Å². The fourth-order valence-corrected chi connectivity index (χ4v) is 2.36. The third-order valence-electron chi connectivity index (χ3n) is 3.49. The number of hydrogen-bond acceptors (Lipinski definition) is 9. The molecular formula is C15H14F2N2O8. The van der Waals surface area contributed by atoms with Crippen molar-refractivity contribution in [1.82, 2.24) is 0 Å². The quantitative estimate of drug-likeness (QED) is 0.407. The number of methoxy groups -OCH3 is 2. The fraction of sp³-hybridized carbons (Fsp3) is 0.333. The molecular weight excluding hydrogens is 374 g/mol. The number of alkyl halides is 2. The second kappa shape index (κ2) is 8.40. The van der Waals surface area contributed by atoms with Gasteiger partial charge in [0.25, 0.3) is 5.69 Å². The van der Waals surface area contributed by atoms with Crippen LogP contribution in [0.1, 0.15) is 0 Å². The Morgan fingerprint density at radius 1 is 1.26 bits per heavy atom. The van der Waals surface area contributed by atoms with Gasteiger partial charge in [-0.15, -0.1) is 0 Å². The number of rotatable bonds is 6. The number of halogens is 2. The van der Waals surface area contributed by atoms with Crippen LogP contribution in [-0.2, 0) is 23.8 Å². The summed E-state index contributed by atoms with van der Waals surface area (Å²) < 4.78 is 44.3. The molecule has 0 atom stereocenters. The molecule has 0 spiro atoms. The van der Waals surface area contributed by atoms with E-state index >= 15 is 0 Å². The van der Waals surface area contributed by atoms with E-state index in [1.807, 2.05) is 0 Å². The topological polar surface area (TPSA) is 117 Å². The van der Waals surface area contributed by atoms with E-state index in [0.29, 0.717) is 0 Å². The van der Waals surface area contributed by atoms with Crippen molar-refractivity contribution in [1.29, 1.82) is 0 Å². The molecule has 1 heterocycles. The maximum absolute atomic E-state index is 12.7. The van der Waals surface area contributed by atoms with E-state index in [9.17, 15) is 28.5 Å². The number of ether oxygens (including phenoxy) is 4. The minimum Gasteiger partial charge on any atom is -0.466 e. The molecule has 0 bridgehead atoms. The molecule has 1 aliphatic heterocycles. The summed E-state index contributed by atoms with van der Waals surface area (Å²) in [5.74, 6) is -2.37. The normalized spacial score (nSPS) is 14.2. The van der Waals surface area contributed by atoms with E-state index in [1.165, 1.54) is 0 Å². The first-order valence-corrected chi connectivity index (χ1v) is 7.28. The van der Waals surface area contributed by atoms with Crippen molar-refractivity contribution in [2.45, 2.75) is 6.61 Å². The molecule has 2 rings (SSSR count). The molecule has 12 heteroatoms. The molecule has 1 aliphatic rings. The number of carbonyl (C=O) groups excluding carboxylic acids is 2. The largest absolute Gasteiger partial charge is 0.466 e. The van der Waals surface area contributed by atoms with Crippen LogP contribution >= 0.6 is 0 Å². The minimum absolute atomic E-state index is 0.245. The first kappa shape index (κ1) is 20.0. The lowest BCUT2D eigenvalue weighted by Gasteiger charge is -2.32. The summed E-state index contributed by atoms with van der Waals surface area (Å²) in [4.78, 5) is 35.4. The van der Waals surface area contributed by atoms with Gasteiger partial charge in [-0.05, 0) is 6.07 Å². The zero-order valence-corrected chi connectivity index (χ0v) is 14.1. The zero-order valence-electron chi connectivity index (χ0n) is 14.1. The molecule has 0 radical (unpaired) electrons. The third kappa shape index (κ3) is 4.28. The number of carbonyl (C=O) groups is 2. The van der Waals surface area contributed by atoms with Crippen LogP contribution in [0.25, 0.3) is 0 Å². The Balaban J connectivity index is 2.68. The molecule has 0 unspecified atom stereocenters. The van der Waals surface area contributed by atoms with E-state index < -0.39 is 34.9 Å². The Labute approximate surface area is 151 Å². The Morgan fingerprint density at radius 2 is 1.93 bits per heavy atom. The highest BCUT2D eigenvalue weighted by molar-refractivity contribution is 6.03. The van der Waals surface area contributed by atoms with Gasteiger partial charge in [0, 0.05) is 12.1 Å². The summed E-state index contributed by atoms with van der Waals surface area (Å²) in [6.07, 6.45) is 0. The van der Waals surface area contributed by atoms with Gasteiger partial charge in [0.2, 0.25) is 0 Å². The van der Waals surface area contributed by atoms with Crippen LogP contribution in [0.3, 0.4) is 0 Å². The number of nitrogens with zero attached hydrogens (tertiary/aromatic N) is 2. The molecule has 0 saturated heterocycles. The minimum atomic E-state index is -3.23. The standard InChI is InChI=1S/C15H14F2N2O8/c1-24-13(20)9-6-26-7-18(12(9)14(21)25-2)10-5-8(19(22)23)3-4-11(10)27-15(16)17/h3-5,15H,6-7H2,1-2H3.